The number of hydrogen-bond donors (Lipinski definition) is 0. The van der Waals surface area contributed by atoms with Crippen LogP contribution in [0, 0.1) is 3.57 Å². The zero-order valence-electron chi connectivity index (χ0n) is 23.9. The summed E-state index contributed by atoms with van der Waals surface area (Å²) >= 11 is 7.05. The van der Waals surface area contributed by atoms with Crippen LogP contribution in [0.15, 0.2) is 55.9 Å². The van der Waals surface area contributed by atoms with Crippen molar-refractivity contribution < 1.29 is 23.7 Å². The molecule has 0 aliphatic carbocycles. The Balaban J connectivity index is 1.97. The second-order valence-corrected chi connectivity index (χ2v) is 12.9. The lowest BCUT2D eigenvalue weighted by atomic mass is 9.95. The summed E-state index contributed by atoms with van der Waals surface area (Å²) in [6, 6.07) is 8.54. The molecule has 11 heteroatoms. The number of aromatic nitrogens is 1. The summed E-state index contributed by atoms with van der Waals surface area (Å²) in [4.78, 5) is 32.5. The minimum Gasteiger partial charge on any atom is -0.493 e. The molecule has 0 N–H and O–H groups in total. The van der Waals surface area contributed by atoms with Gasteiger partial charge >= 0.3 is 5.97 Å². The molecule has 0 spiro atoms. The van der Waals surface area contributed by atoms with Crippen molar-refractivity contribution in [3.63, 3.8) is 0 Å². The highest BCUT2D eigenvalue weighted by atomic mass is 127. The van der Waals surface area contributed by atoms with Gasteiger partial charge in [-0.1, -0.05) is 33.3 Å². The molecule has 0 amide bonds. The van der Waals surface area contributed by atoms with E-state index in [0.717, 1.165) is 13.6 Å². The van der Waals surface area contributed by atoms with Gasteiger partial charge < -0.3 is 18.9 Å². The van der Waals surface area contributed by atoms with E-state index in [1.165, 1.54) is 11.3 Å². The number of nitrogens with zero attached hydrogens (tertiary/aromatic N) is 2. The maximum Gasteiger partial charge on any atom is 0.338 e. The van der Waals surface area contributed by atoms with E-state index in [9.17, 15) is 9.59 Å². The first kappa shape index (κ1) is 31.3. The second-order valence-electron chi connectivity index (χ2n) is 9.85. The van der Waals surface area contributed by atoms with E-state index in [1.807, 2.05) is 52.0 Å². The van der Waals surface area contributed by atoms with Gasteiger partial charge in [-0.15, -0.1) is 0 Å². The normalized spacial score (nSPS) is 15.2. The van der Waals surface area contributed by atoms with Crippen LogP contribution in [0.4, 0.5) is 0 Å². The quantitative estimate of drug-likeness (QED) is 0.205. The fourth-order valence-corrected chi connectivity index (χ4v) is 7.22. The van der Waals surface area contributed by atoms with Crippen LogP contribution in [0.1, 0.15) is 58.7 Å². The van der Waals surface area contributed by atoms with Gasteiger partial charge in [0.1, 0.15) is 5.75 Å². The Morgan fingerprint density at radius 1 is 1.15 bits per heavy atom. The Hall–Kier alpha value is -2.64. The number of benzene rings is 2. The molecule has 0 bridgehead atoms. The zero-order valence-corrected chi connectivity index (χ0v) is 28.5. The second kappa shape index (κ2) is 13.1. The standard InChI is InChI=1S/C30H32BrIN2O6S/c1-8-38-29(36)25-17(6)33-30-34(26(25)18-9-10-22(39-15(2)3)23(12-18)37-7)28(35)24(41-30)13-19-11-20(31)14-21(32)27(19)40-16(4)5/h9-16,26H,8H2,1-7H3/b24-13+/t26-/m1/s1. The summed E-state index contributed by atoms with van der Waals surface area (Å²) in [7, 11) is 1.56. The number of rotatable bonds is 9. The lowest BCUT2D eigenvalue weighted by Crippen LogP contribution is -2.40. The molecule has 0 saturated carbocycles. The number of carbonyl (C=O) groups excluding carboxylic acids is 1. The molecular formula is C30H32BrIN2O6S. The van der Waals surface area contributed by atoms with Crippen LogP contribution in [0.5, 0.6) is 17.2 Å². The van der Waals surface area contributed by atoms with Crippen LogP contribution in [0.2, 0.25) is 0 Å². The van der Waals surface area contributed by atoms with Crippen LogP contribution in [-0.4, -0.2) is 36.5 Å². The van der Waals surface area contributed by atoms with Gasteiger partial charge in [-0.25, -0.2) is 9.79 Å². The minimum absolute atomic E-state index is 0.0505. The molecule has 4 rings (SSSR count). The van der Waals surface area contributed by atoms with E-state index < -0.39 is 12.0 Å². The average Bonchev–Trinajstić information content (AvgIpc) is 3.19. The summed E-state index contributed by atoms with van der Waals surface area (Å²) in [6.07, 6.45) is 1.70. The number of thiazole rings is 1. The Kier molecular flexibility index (Phi) is 10.0. The molecule has 0 fully saturated rings. The largest absolute Gasteiger partial charge is 0.493 e. The molecule has 8 nitrogen and oxygen atoms in total. The first-order chi connectivity index (χ1) is 19.4. The third-order valence-electron chi connectivity index (χ3n) is 6.06. The topological polar surface area (TPSA) is 88.4 Å². The van der Waals surface area contributed by atoms with Gasteiger partial charge in [-0.05, 0) is 100 Å². The highest BCUT2D eigenvalue weighted by Gasteiger charge is 2.34. The number of esters is 1. The van der Waals surface area contributed by atoms with E-state index in [1.54, 1.807) is 37.7 Å². The van der Waals surface area contributed by atoms with Crippen LogP contribution in [0.3, 0.4) is 0 Å². The SMILES string of the molecule is CCOC(=O)C1=C(C)N=c2s/c(=C/c3cc(Br)cc(I)c3OC(C)C)c(=O)n2[C@@H]1c1ccc(OC(C)C)c(OC)c1. The summed E-state index contributed by atoms with van der Waals surface area (Å²) in [5, 5.41) is 0. The van der Waals surface area contributed by atoms with Crippen LogP contribution in [-0.2, 0) is 9.53 Å². The summed E-state index contributed by atoms with van der Waals surface area (Å²) < 4.78 is 26.8. The van der Waals surface area contributed by atoms with E-state index in [2.05, 4.69) is 43.5 Å². The average molecular weight is 755 g/mol. The van der Waals surface area contributed by atoms with E-state index in [4.69, 9.17) is 18.9 Å². The Labute approximate surface area is 265 Å². The van der Waals surface area contributed by atoms with Gasteiger partial charge in [-0.3, -0.25) is 9.36 Å². The van der Waals surface area contributed by atoms with Crippen molar-refractivity contribution in [1.82, 2.24) is 4.57 Å². The maximum absolute atomic E-state index is 14.1. The highest BCUT2D eigenvalue weighted by molar-refractivity contribution is 14.1. The van der Waals surface area contributed by atoms with Crippen molar-refractivity contribution in [3.05, 3.63) is 80.5 Å². The van der Waals surface area contributed by atoms with Crippen molar-refractivity contribution in [3.8, 4) is 17.2 Å². The maximum atomic E-state index is 14.1. The summed E-state index contributed by atoms with van der Waals surface area (Å²) in [5.74, 6) is 1.23. The van der Waals surface area contributed by atoms with Crippen molar-refractivity contribution in [2.75, 3.05) is 13.7 Å². The monoisotopic (exact) mass is 754 g/mol. The zero-order chi connectivity index (χ0) is 30.0. The van der Waals surface area contributed by atoms with Crippen LogP contribution in [0.25, 0.3) is 6.08 Å². The number of halogens is 2. The minimum atomic E-state index is -0.775. The van der Waals surface area contributed by atoms with E-state index in [-0.39, 0.29) is 24.4 Å². The number of allylic oxidation sites excluding steroid dienone is 1. The fourth-order valence-electron chi connectivity index (χ4n) is 4.50. The van der Waals surface area contributed by atoms with Crippen LogP contribution < -0.4 is 29.1 Å². The molecule has 0 unspecified atom stereocenters. The summed E-state index contributed by atoms with van der Waals surface area (Å²) in [6.45, 7) is 11.5. The van der Waals surface area contributed by atoms with E-state index >= 15 is 0 Å². The molecule has 2 aromatic carbocycles. The Bertz CT molecular complexity index is 1690. The molecule has 1 aliphatic rings. The van der Waals surface area contributed by atoms with Gasteiger partial charge in [0.15, 0.2) is 16.3 Å². The summed E-state index contributed by atoms with van der Waals surface area (Å²) in [5.41, 5.74) is 1.94. The number of carbonyl (C=O) groups is 1. The predicted molar refractivity (Wildman–Crippen MR) is 172 cm³/mol. The molecule has 2 heterocycles. The molecule has 1 aromatic heterocycles. The van der Waals surface area contributed by atoms with Crippen molar-refractivity contribution in [2.24, 2.45) is 4.99 Å². The first-order valence-electron chi connectivity index (χ1n) is 13.1. The smallest absolute Gasteiger partial charge is 0.338 e. The number of ether oxygens (including phenoxy) is 4. The highest BCUT2D eigenvalue weighted by Crippen LogP contribution is 2.37. The van der Waals surface area contributed by atoms with Gasteiger partial charge in [-0.2, -0.15) is 0 Å². The molecular weight excluding hydrogens is 723 g/mol. The molecule has 41 heavy (non-hydrogen) atoms. The number of hydrogen-bond acceptors (Lipinski definition) is 8. The molecule has 218 valence electrons. The lowest BCUT2D eigenvalue weighted by molar-refractivity contribution is -0.139. The molecule has 0 saturated heterocycles. The van der Waals surface area contributed by atoms with Gasteiger partial charge in [0.2, 0.25) is 0 Å². The van der Waals surface area contributed by atoms with Gasteiger partial charge in [0, 0.05) is 10.0 Å². The van der Waals surface area contributed by atoms with Gasteiger partial charge in [0.05, 0.1) is 51.3 Å². The Morgan fingerprint density at radius 2 is 1.85 bits per heavy atom. The first-order valence-corrected chi connectivity index (χ1v) is 15.8. The van der Waals surface area contributed by atoms with Gasteiger partial charge in [0.25, 0.3) is 5.56 Å². The Morgan fingerprint density at radius 3 is 2.49 bits per heavy atom. The molecule has 3 aromatic rings. The fraction of sp³-hybridized carbons (Fsp3) is 0.367. The molecule has 0 radical (unpaired) electrons. The molecule has 1 atom stereocenters. The predicted octanol–water partition coefficient (Wildman–Crippen LogP) is 5.75. The van der Waals surface area contributed by atoms with Crippen molar-refractivity contribution in [1.29, 1.82) is 0 Å². The lowest BCUT2D eigenvalue weighted by Gasteiger charge is -2.25. The molecule has 1 aliphatic heterocycles. The van der Waals surface area contributed by atoms with Crippen LogP contribution >= 0.6 is 49.9 Å². The van der Waals surface area contributed by atoms with Crippen molar-refractivity contribution in [2.45, 2.75) is 59.8 Å². The third kappa shape index (κ3) is 6.72. The number of methoxy groups -OCH3 is 1. The number of fused-ring (bicyclic) bond motifs is 1. The van der Waals surface area contributed by atoms with E-state index in [0.29, 0.717) is 43.4 Å². The van der Waals surface area contributed by atoms with Crippen molar-refractivity contribution >= 4 is 61.9 Å². The third-order valence-corrected chi connectivity index (χ3v) is 8.30.